The molecule has 0 bridgehead atoms. The topological polar surface area (TPSA) is 72.4 Å². The monoisotopic (exact) mass is 323 g/mol. The van der Waals surface area contributed by atoms with Gasteiger partial charge in [0.05, 0.1) is 18.7 Å². The maximum atomic E-state index is 12.2. The first-order valence-corrected chi connectivity index (χ1v) is 7.90. The van der Waals surface area contributed by atoms with E-state index in [1.807, 2.05) is 43.3 Å². The van der Waals surface area contributed by atoms with Crippen LogP contribution in [-0.4, -0.2) is 27.5 Å². The second-order valence-corrected chi connectivity index (χ2v) is 6.03. The van der Waals surface area contributed by atoms with E-state index in [9.17, 15) is 4.79 Å². The van der Waals surface area contributed by atoms with Gasteiger partial charge in [-0.3, -0.25) is 4.79 Å². The molecule has 1 aliphatic rings. The van der Waals surface area contributed by atoms with Crippen LogP contribution < -0.4 is 0 Å². The van der Waals surface area contributed by atoms with Crippen molar-refractivity contribution in [2.45, 2.75) is 25.8 Å². The molecular formula is C18H17N3O3. The van der Waals surface area contributed by atoms with Gasteiger partial charge in [-0.25, -0.2) is 0 Å². The van der Waals surface area contributed by atoms with E-state index in [2.05, 4.69) is 10.1 Å². The minimum atomic E-state index is -0.0715. The molecule has 0 N–H and O–H groups in total. The Hall–Kier alpha value is -2.89. The summed E-state index contributed by atoms with van der Waals surface area (Å²) in [7, 11) is 0. The molecule has 24 heavy (non-hydrogen) atoms. The quantitative estimate of drug-likeness (QED) is 0.737. The highest BCUT2D eigenvalue weighted by atomic mass is 16.5. The molecule has 1 saturated heterocycles. The van der Waals surface area contributed by atoms with Crippen molar-refractivity contribution in [2.75, 3.05) is 6.54 Å². The molecule has 0 aliphatic carbocycles. The SMILES string of the molecule is Cc1ccccc1-c1noc([C@@H]2CC(=O)N(Cc3ccco3)C2)n1. The van der Waals surface area contributed by atoms with Gasteiger partial charge < -0.3 is 13.8 Å². The Labute approximate surface area is 139 Å². The predicted octanol–water partition coefficient (Wildman–Crippen LogP) is 3.15. The van der Waals surface area contributed by atoms with Gasteiger partial charge in [-0.2, -0.15) is 4.98 Å². The Morgan fingerprint density at radius 3 is 2.92 bits per heavy atom. The van der Waals surface area contributed by atoms with Crippen molar-refractivity contribution in [3.63, 3.8) is 0 Å². The highest BCUT2D eigenvalue weighted by Gasteiger charge is 2.34. The Morgan fingerprint density at radius 2 is 2.12 bits per heavy atom. The van der Waals surface area contributed by atoms with Crippen LogP contribution in [0.4, 0.5) is 0 Å². The van der Waals surface area contributed by atoms with Crippen molar-refractivity contribution >= 4 is 5.91 Å². The Bertz CT molecular complexity index is 854. The zero-order chi connectivity index (χ0) is 16.5. The average Bonchev–Trinajstić information content (AvgIpc) is 3.30. The first-order chi connectivity index (χ1) is 11.7. The van der Waals surface area contributed by atoms with Crippen LogP contribution in [-0.2, 0) is 11.3 Å². The van der Waals surface area contributed by atoms with Gasteiger partial charge in [0.1, 0.15) is 5.76 Å². The molecule has 0 unspecified atom stereocenters. The lowest BCUT2D eigenvalue weighted by molar-refractivity contribution is -0.128. The molecule has 0 saturated carbocycles. The van der Waals surface area contributed by atoms with Crippen molar-refractivity contribution in [3.8, 4) is 11.4 Å². The molecule has 1 atom stereocenters. The summed E-state index contributed by atoms with van der Waals surface area (Å²) in [6.45, 7) is 3.05. The van der Waals surface area contributed by atoms with Crippen LogP contribution in [0.25, 0.3) is 11.4 Å². The van der Waals surface area contributed by atoms with E-state index >= 15 is 0 Å². The van der Waals surface area contributed by atoms with Crippen LogP contribution in [0.3, 0.4) is 0 Å². The van der Waals surface area contributed by atoms with Crippen molar-refractivity contribution in [1.29, 1.82) is 0 Å². The van der Waals surface area contributed by atoms with E-state index in [0.29, 0.717) is 31.2 Å². The summed E-state index contributed by atoms with van der Waals surface area (Å²) in [5.41, 5.74) is 2.04. The van der Waals surface area contributed by atoms with Gasteiger partial charge >= 0.3 is 0 Å². The van der Waals surface area contributed by atoms with Gasteiger partial charge in [0.2, 0.25) is 17.6 Å². The molecule has 4 rings (SSSR count). The molecule has 0 spiro atoms. The average molecular weight is 323 g/mol. The molecule has 1 fully saturated rings. The normalized spacial score (nSPS) is 17.6. The minimum Gasteiger partial charge on any atom is -0.467 e. The number of carbonyl (C=O) groups is 1. The maximum Gasteiger partial charge on any atom is 0.232 e. The van der Waals surface area contributed by atoms with E-state index in [1.165, 1.54) is 0 Å². The van der Waals surface area contributed by atoms with Crippen LogP contribution >= 0.6 is 0 Å². The summed E-state index contributed by atoms with van der Waals surface area (Å²) < 4.78 is 10.7. The number of likely N-dealkylation sites (tertiary alicyclic amines) is 1. The Morgan fingerprint density at radius 1 is 1.25 bits per heavy atom. The predicted molar refractivity (Wildman–Crippen MR) is 86.0 cm³/mol. The largest absolute Gasteiger partial charge is 0.467 e. The van der Waals surface area contributed by atoms with Gasteiger partial charge in [0.25, 0.3) is 0 Å². The van der Waals surface area contributed by atoms with Gasteiger partial charge in [0.15, 0.2) is 0 Å². The van der Waals surface area contributed by atoms with Crippen LogP contribution in [0.5, 0.6) is 0 Å². The molecule has 6 heteroatoms. The van der Waals surface area contributed by atoms with Crippen LogP contribution in [0.15, 0.2) is 51.6 Å². The highest BCUT2D eigenvalue weighted by Crippen LogP contribution is 2.30. The van der Waals surface area contributed by atoms with E-state index < -0.39 is 0 Å². The summed E-state index contributed by atoms with van der Waals surface area (Å²) in [6.07, 6.45) is 2.00. The van der Waals surface area contributed by atoms with Gasteiger partial charge in [-0.1, -0.05) is 29.4 Å². The van der Waals surface area contributed by atoms with Crippen LogP contribution in [0, 0.1) is 6.92 Å². The number of amides is 1. The van der Waals surface area contributed by atoms with Crippen LogP contribution in [0.1, 0.15) is 29.6 Å². The smallest absolute Gasteiger partial charge is 0.232 e. The number of hydrogen-bond acceptors (Lipinski definition) is 5. The first kappa shape index (κ1) is 14.7. The third-order valence-electron chi connectivity index (χ3n) is 4.32. The van der Waals surface area contributed by atoms with E-state index in [0.717, 1.165) is 16.9 Å². The van der Waals surface area contributed by atoms with E-state index in [1.54, 1.807) is 11.2 Å². The van der Waals surface area contributed by atoms with Gasteiger partial charge in [0, 0.05) is 18.5 Å². The molecule has 2 aromatic heterocycles. The fraction of sp³-hybridized carbons (Fsp3) is 0.278. The van der Waals surface area contributed by atoms with Gasteiger partial charge in [-0.05, 0) is 24.6 Å². The van der Waals surface area contributed by atoms with Gasteiger partial charge in [-0.15, -0.1) is 0 Å². The molecule has 122 valence electrons. The molecule has 1 amide bonds. The number of benzene rings is 1. The fourth-order valence-corrected chi connectivity index (χ4v) is 3.02. The lowest BCUT2D eigenvalue weighted by Gasteiger charge is -2.13. The summed E-state index contributed by atoms with van der Waals surface area (Å²) in [4.78, 5) is 18.5. The number of hydrogen-bond donors (Lipinski definition) is 0. The third-order valence-corrected chi connectivity index (χ3v) is 4.32. The van der Waals surface area contributed by atoms with Crippen LogP contribution in [0.2, 0.25) is 0 Å². The number of carbonyl (C=O) groups excluding carboxylic acids is 1. The molecular weight excluding hydrogens is 306 g/mol. The second-order valence-electron chi connectivity index (χ2n) is 6.03. The Kier molecular flexibility index (Phi) is 3.65. The number of aromatic nitrogens is 2. The zero-order valence-electron chi connectivity index (χ0n) is 13.3. The number of rotatable bonds is 4. The fourth-order valence-electron chi connectivity index (χ4n) is 3.02. The number of furan rings is 1. The summed E-state index contributed by atoms with van der Waals surface area (Å²) in [5.74, 6) is 1.86. The number of nitrogens with zero attached hydrogens (tertiary/aromatic N) is 3. The van der Waals surface area contributed by atoms with Crippen molar-refractivity contribution in [2.24, 2.45) is 0 Å². The standard InChI is InChI=1S/C18H17N3O3/c1-12-5-2-3-7-15(12)17-19-18(24-20-17)13-9-16(22)21(10-13)11-14-6-4-8-23-14/h2-8,13H,9-11H2,1H3/t13-/m1/s1. The lowest BCUT2D eigenvalue weighted by atomic mass is 10.1. The summed E-state index contributed by atoms with van der Waals surface area (Å²) in [5, 5.41) is 4.08. The highest BCUT2D eigenvalue weighted by molar-refractivity contribution is 5.79. The molecule has 0 radical (unpaired) electrons. The lowest BCUT2D eigenvalue weighted by Crippen LogP contribution is -2.24. The molecule has 1 aliphatic heterocycles. The molecule has 1 aromatic carbocycles. The molecule has 3 heterocycles. The van der Waals surface area contributed by atoms with E-state index in [-0.39, 0.29) is 11.8 Å². The number of aryl methyl sites for hydroxylation is 1. The maximum absolute atomic E-state index is 12.2. The third kappa shape index (κ3) is 2.71. The van der Waals surface area contributed by atoms with Crippen molar-refractivity contribution < 1.29 is 13.7 Å². The Balaban J connectivity index is 1.51. The summed E-state index contributed by atoms with van der Waals surface area (Å²) >= 11 is 0. The van der Waals surface area contributed by atoms with Crippen molar-refractivity contribution in [3.05, 3.63) is 59.9 Å². The first-order valence-electron chi connectivity index (χ1n) is 7.90. The zero-order valence-corrected chi connectivity index (χ0v) is 13.3. The summed E-state index contributed by atoms with van der Waals surface area (Å²) in [6, 6.07) is 11.6. The minimum absolute atomic E-state index is 0.0715. The molecule has 6 nitrogen and oxygen atoms in total. The van der Waals surface area contributed by atoms with E-state index in [4.69, 9.17) is 8.94 Å². The second kappa shape index (κ2) is 5.96. The molecule has 3 aromatic rings. The van der Waals surface area contributed by atoms with Crippen molar-refractivity contribution in [1.82, 2.24) is 15.0 Å².